The number of nitrogens with zero attached hydrogens (tertiary/aromatic N) is 2. The summed E-state index contributed by atoms with van der Waals surface area (Å²) in [7, 11) is 0. The Kier molecular flexibility index (Phi) is 5.57. The van der Waals surface area contributed by atoms with Gasteiger partial charge >= 0.3 is 0 Å². The molecule has 25 heavy (non-hydrogen) atoms. The number of amides is 1. The molecule has 1 unspecified atom stereocenters. The van der Waals surface area contributed by atoms with Gasteiger partial charge in [-0.15, -0.1) is 0 Å². The number of ether oxygens (including phenoxy) is 1. The highest BCUT2D eigenvalue weighted by Crippen LogP contribution is 2.21. The van der Waals surface area contributed by atoms with E-state index < -0.39 is 0 Å². The molecule has 4 nitrogen and oxygen atoms in total. The summed E-state index contributed by atoms with van der Waals surface area (Å²) in [5, 5.41) is 9.67. The van der Waals surface area contributed by atoms with Gasteiger partial charge in [-0.05, 0) is 55.3 Å². The number of hydrogen-bond donors (Lipinski definition) is 0. The van der Waals surface area contributed by atoms with E-state index in [9.17, 15) is 4.79 Å². The van der Waals surface area contributed by atoms with Crippen LogP contribution in [0.3, 0.4) is 0 Å². The summed E-state index contributed by atoms with van der Waals surface area (Å²) in [5.41, 5.74) is 1.07. The van der Waals surface area contributed by atoms with Gasteiger partial charge in [0.2, 0.25) is 0 Å². The Morgan fingerprint density at radius 1 is 1.28 bits per heavy atom. The molecule has 2 aromatic carbocycles. The first-order chi connectivity index (χ1) is 12.2. The first-order valence-corrected chi connectivity index (χ1v) is 8.71. The van der Waals surface area contributed by atoms with Crippen molar-refractivity contribution in [1.82, 2.24) is 4.90 Å². The minimum Gasteiger partial charge on any atom is -0.493 e. The Labute approximate surface area is 152 Å². The molecule has 1 heterocycles. The number of nitriles is 1. The number of carbonyl (C=O) groups is 1. The molecule has 1 atom stereocenters. The van der Waals surface area contributed by atoms with Crippen molar-refractivity contribution in [1.29, 1.82) is 5.26 Å². The van der Waals surface area contributed by atoms with Gasteiger partial charge in [0, 0.05) is 29.6 Å². The number of carbonyl (C=O) groups excluding carboxylic acids is 1. The number of hydrogen-bond acceptors (Lipinski definition) is 3. The molecule has 1 saturated heterocycles. The van der Waals surface area contributed by atoms with E-state index in [1.54, 1.807) is 36.4 Å². The summed E-state index contributed by atoms with van der Waals surface area (Å²) in [6.07, 6.45) is 1.99. The lowest BCUT2D eigenvalue weighted by atomic mass is 9.98. The Balaban J connectivity index is 1.59. The molecule has 0 bridgehead atoms. The SMILES string of the molecule is N#Cc1cccc(C(=O)N2CCCC(COc3ccc(Cl)cc3)C2)c1. The summed E-state index contributed by atoms with van der Waals surface area (Å²) in [4.78, 5) is 14.5. The van der Waals surface area contributed by atoms with Crippen LogP contribution in [-0.4, -0.2) is 30.5 Å². The second kappa shape index (κ2) is 8.04. The van der Waals surface area contributed by atoms with Gasteiger partial charge in [0.15, 0.2) is 0 Å². The van der Waals surface area contributed by atoms with Gasteiger partial charge in [-0.2, -0.15) is 5.26 Å². The monoisotopic (exact) mass is 354 g/mol. The Hall–Kier alpha value is -2.51. The van der Waals surface area contributed by atoms with E-state index >= 15 is 0 Å². The molecular formula is C20H19ClN2O2. The third-order valence-corrected chi connectivity index (χ3v) is 4.60. The normalized spacial score (nSPS) is 17.0. The van der Waals surface area contributed by atoms with Crippen molar-refractivity contribution in [2.45, 2.75) is 12.8 Å². The average molecular weight is 355 g/mol. The lowest BCUT2D eigenvalue weighted by molar-refractivity contribution is 0.0633. The molecule has 0 aliphatic carbocycles. The molecule has 2 aromatic rings. The molecule has 0 N–H and O–H groups in total. The summed E-state index contributed by atoms with van der Waals surface area (Å²) < 4.78 is 5.83. The molecule has 0 aromatic heterocycles. The maximum absolute atomic E-state index is 12.7. The van der Waals surface area contributed by atoms with Crippen LogP contribution in [-0.2, 0) is 0 Å². The van der Waals surface area contributed by atoms with E-state index in [0.717, 1.165) is 25.1 Å². The largest absolute Gasteiger partial charge is 0.493 e. The van der Waals surface area contributed by atoms with E-state index in [1.165, 1.54) is 0 Å². The fourth-order valence-electron chi connectivity index (χ4n) is 3.03. The van der Waals surface area contributed by atoms with E-state index in [4.69, 9.17) is 21.6 Å². The molecule has 0 radical (unpaired) electrons. The van der Waals surface area contributed by atoms with Gasteiger partial charge in [-0.1, -0.05) is 17.7 Å². The second-order valence-electron chi connectivity index (χ2n) is 6.22. The van der Waals surface area contributed by atoms with Crippen LogP contribution in [0.25, 0.3) is 0 Å². The standard InChI is InChI=1S/C20H19ClN2O2/c21-18-6-8-19(9-7-18)25-14-16-4-2-10-23(13-16)20(24)17-5-1-3-15(11-17)12-22/h1,3,5-9,11,16H,2,4,10,13-14H2. The zero-order valence-corrected chi connectivity index (χ0v) is 14.6. The molecule has 5 heteroatoms. The van der Waals surface area contributed by atoms with Crippen LogP contribution in [0.1, 0.15) is 28.8 Å². The molecule has 1 aliphatic heterocycles. The number of rotatable bonds is 4. The van der Waals surface area contributed by atoms with E-state index in [1.807, 2.05) is 17.0 Å². The topological polar surface area (TPSA) is 53.3 Å². The highest BCUT2D eigenvalue weighted by Gasteiger charge is 2.25. The highest BCUT2D eigenvalue weighted by atomic mass is 35.5. The first kappa shape index (κ1) is 17.3. The van der Waals surface area contributed by atoms with Crippen LogP contribution in [0, 0.1) is 17.2 Å². The van der Waals surface area contributed by atoms with Gasteiger partial charge in [-0.3, -0.25) is 4.79 Å². The van der Waals surface area contributed by atoms with Gasteiger partial charge in [0.1, 0.15) is 5.75 Å². The molecule has 3 rings (SSSR count). The van der Waals surface area contributed by atoms with Crippen LogP contribution in [0.4, 0.5) is 0 Å². The van der Waals surface area contributed by atoms with Gasteiger partial charge in [0.25, 0.3) is 5.91 Å². The van der Waals surface area contributed by atoms with Crippen molar-refractivity contribution < 1.29 is 9.53 Å². The fraction of sp³-hybridized carbons (Fsp3) is 0.300. The van der Waals surface area contributed by atoms with Crippen LogP contribution in [0.5, 0.6) is 5.75 Å². The Morgan fingerprint density at radius 2 is 2.08 bits per heavy atom. The quantitative estimate of drug-likeness (QED) is 0.829. The van der Waals surface area contributed by atoms with Crippen molar-refractivity contribution >= 4 is 17.5 Å². The number of likely N-dealkylation sites (tertiary alicyclic amines) is 1. The molecule has 128 valence electrons. The first-order valence-electron chi connectivity index (χ1n) is 8.33. The second-order valence-corrected chi connectivity index (χ2v) is 6.65. The summed E-state index contributed by atoms with van der Waals surface area (Å²) in [5.74, 6) is 1.07. The number of benzene rings is 2. The molecule has 0 saturated carbocycles. The summed E-state index contributed by atoms with van der Waals surface area (Å²) in [6, 6.07) is 16.2. The van der Waals surface area contributed by atoms with Crippen molar-refractivity contribution in [2.24, 2.45) is 5.92 Å². The smallest absolute Gasteiger partial charge is 0.253 e. The molecule has 1 aliphatic rings. The predicted octanol–water partition coefficient (Wildman–Crippen LogP) is 4.14. The maximum atomic E-state index is 12.7. The number of piperidine rings is 1. The van der Waals surface area contributed by atoms with Crippen molar-refractivity contribution in [2.75, 3.05) is 19.7 Å². The average Bonchev–Trinajstić information content (AvgIpc) is 2.67. The molecular weight excluding hydrogens is 336 g/mol. The minimum atomic E-state index is -0.0201. The zero-order chi connectivity index (χ0) is 17.6. The van der Waals surface area contributed by atoms with Crippen molar-refractivity contribution in [3.63, 3.8) is 0 Å². The van der Waals surface area contributed by atoms with Crippen molar-refractivity contribution in [3.8, 4) is 11.8 Å². The highest BCUT2D eigenvalue weighted by molar-refractivity contribution is 6.30. The Bertz CT molecular complexity index is 783. The van der Waals surface area contributed by atoms with Crippen LogP contribution >= 0.6 is 11.6 Å². The minimum absolute atomic E-state index is 0.0201. The van der Waals surface area contributed by atoms with Crippen LogP contribution in [0.2, 0.25) is 5.02 Å². The van der Waals surface area contributed by atoms with Crippen LogP contribution in [0.15, 0.2) is 48.5 Å². The Morgan fingerprint density at radius 3 is 2.84 bits per heavy atom. The molecule has 1 fully saturated rings. The summed E-state index contributed by atoms with van der Waals surface area (Å²) >= 11 is 5.87. The third-order valence-electron chi connectivity index (χ3n) is 4.34. The van der Waals surface area contributed by atoms with E-state index in [2.05, 4.69) is 6.07 Å². The molecule has 1 amide bonds. The van der Waals surface area contributed by atoms with Crippen LogP contribution < -0.4 is 4.74 Å². The lowest BCUT2D eigenvalue weighted by Gasteiger charge is -2.32. The van der Waals surface area contributed by atoms with Crippen molar-refractivity contribution in [3.05, 3.63) is 64.7 Å². The predicted molar refractivity (Wildman–Crippen MR) is 96.7 cm³/mol. The molecule has 0 spiro atoms. The van der Waals surface area contributed by atoms with Gasteiger partial charge in [0.05, 0.1) is 18.2 Å². The number of halogens is 1. The fourth-order valence-corrected chi connectivity index (χ4v) is 3.16. The van der Waals surface area contributed by atoms with E-state index in [-0.39, 0.29) is 5.91 Å². The van der Waals surface area contributed by atoms with E-state index in [0.29, 0.717) is 35.2 Å². The zero-order valence-electron chi connectivity index (χ0n) is 13.8. The lowest BCUT2D eigenvalue weighted by Crippen LogP contribution is -2.41. The maximum Gasteiger partial charge on any atom is 0.253 e. The van der Waals surface area contributed by atoms with Gasteiger partial charge in [-0.25, -0.2) is 0 Å². The third kappa shape index (κ3) is 4.52. The summed E-state index contributed by atoms with van der Waals surface area (Å²) in [6.45, 7) is 1.99. The van der Waals surface area contributed by atoms with Gasteiger partial charge < -0.3 is 9.64 Å².